The second-order valence-corrected chi connectivity index (χ2v) is 8.49. The van der Waals surface area contributed by atoms with Gasteiger partial charge in [-0.3, -0.25) is 4.79 Å². The number of carbonyl (C=O) groups excluding carboxylic acids is 1. The van der Waals surface area contributed by atoms with Crippen LogP contribution >= 0.6 is 11.6 Å². The molecule has 156 valence electrons. The first-order valence-electron chi connectivity index (χ1n) is 10.5. The number of piperidine rings is 1. The number of benzene rings is 2. The molecule has 0 aliphatic carbocycles. The molecule has 0 radical (unpaired) electrons. The monoisotopic (exact) mass is 414 g/mol. The summed E-state index contributed by atoms with van der Waals surface area (Å²) in [6, 6.07) is 14.1. The zero-order chi connectivity index (χ0) is 20.9. The van der Waals surface area contributed by atoms with Gasteiger partial charge in [-0.05, 0) is 56.3 Å². The third-order valence-electron chi connectivity index (χ3n) is 5.87. The summed E-state index contributed by atoms with van der Waals surface area (Å²) in [6.45, 7) is 5.89. The van der Waals surface area contributed by atoms with E-state index in [1.165, 1.54) is 6.92 Å². The van der Waals surface area contributed by atoms with Crippen molar-refractivity contribution in [1.29, 1.82) is 0 Å². The molecule has 0 bridgehead atoms. The lowest BCUT2D eigenvalue weighted by Crippen LogP contribution is -2.45. The van der Waals surface area contributed by atoms with Gasteiger partial charge in [-0.15, -0.1) is 0 Å². The van der Waals surface area contributed by atoms with Gasteiger partial charge < -0.3 is 15.7 Å². The third-order valence-corrected chi connectivity index (χ3v) is 6.18. The number of halogens is 1. The Morgan fingerprint density at radius 3 is 2.79 bits per heavy atom. The zero-order valence-corrected chi connectivity index (χ0v) is 18.1. The molecule has 4 nitrogen and oxygen atoms in total. The normalized spacial score (nSPS) is 18.8. The van der Waals surface area contributed by atoms with Crippen LogP contribution in [0.4, 0.5) is 0 Å². The third kappa shape index (κ3) is 5.19. The minimum atomic E-state index is -1.02. The standard InChI is InChI=1S/C24H31ClN2O2/c1-17-7-3-8-19(15-17)23-21(10-4-11-22(23)25)24(29,12-6-14-27-18(2)28)20-9-5-13-26-16-20/h3-4,7-8,10-11,15,20,26,29H,5-6,9,12-14,16H2,1-2H3,(H,27,28)/t20-,24?/m1/s1. The lowest BCUT2D eigenvalue weighted by Gasteiger charge is -2.40. The van der Waals surface area contributed by atoms with E-state index in [0.29, 0.717) is 24.4 Å². The summed E-state index contributed by atoms with van der Waals surface area (Å²) >= 11 is 6.68. The van der Waals surface area contributed by atoms with Crippen LogP contribution in [0.2, 0.25) is 5.02 Å². The number of aliphatic hydroxyl groups is 1. The molecule has 1 amide bonds. The van der Waals surface area contributed by atoms with E-state index in [1.54, 1.807) is 0 Å². The highest BCUT2D eigenvalue weighted by molar-refractivity contribution is 6.33. The SMILES string of the molecule is CC(=O)NCCCC(O)(c1cccc(Cl)c1-c1cccc(C)c1)[C@@H]1CCCNC1. The van der Waals surface area contributed by atoms with E-state index in [4.69, 9.17) is 11.6 Å². The number of carbonyl (C=O) groups is 1. The highest BCUT2D eigenvalue weighted by Crippen LogP contribution is 2.44. The van der Waals surface area contributed by atoms with Gasteiger partial charge in [-0.1, -0.05) is 53.6 Å². The van der Waals surface area contributed by atoms with E-state index in [0.717, 1.165) is 48.2 Å². The zero-order valence-electron chi connectivity index (χ0n) is 17.3. The van der Waals surface area contributed by atoms with Crippen LogP contribution in [-0.2, 0) is 10.4 Å². The molecule has 5 heteroatoms. The van der Waals surface area contributed by atoms with Gasteiger partial charge in [-0.25, -0.2) is 0 Å². The van der Waals surface area contributed by atoms with Crippen LogP contribution in [0.1, 0.15) is 43.7 Å². The Balaban J connectivity index is 2.03. The fourth-order valence-corrected chi connectivity index (χ4v) is 4.70. The molecule has 1 unspecified atom stereocenters. The molecule has 2 atom stereocenters. The van der Waals surface area contributed by atoms with Gasteiger partial charge in [0, 0.05) is 36.5 Å². The molecule has 1 aliphatic heterocycles. The Morgan fingerprint density at radius 1 is 1.31 bits per heavy atom. The first kappa shape index (κ1) is 21.8. The van der Waals surface area contributed by atoms with Crippen LogP contribution < -0.4 is 10.6 Å². The lowest BCUT2D eigenvalue weighted by atomic mass is 9.72. The maximum absolute atomic E-state index is 12.1. The quantitative estimate of drug-likeness (QED) is 0.588. The van der Waals surface area contributed by atoms with Gasteiger partial charge in [0.15, 0.2) is 0 Å². The summed E-state index contributed by atoms with van der Waals surface area (Å²) in [5.74, 6) is 0.0479. The van der Waals surface area contributed by atoms with Crippen molar-refractivity contribution in [2.45, 2.75) is 45.1 Å². The number of nitrogens with one attached hydrogen (secondary N) is 2. The largest absolute Gasteiger partial charge is 0.385 e. The Kier molecular flexibility index (Phi) is 7.33. The molecule has 0 spiro atoms. The summed E-state index contributed by atoms with van der Waals surface area (Å²) in [6.07, 6.45) is 3.27. The average Bonchev–Trinajstić information content (AvgIpc) is 2.71. The van der Waals surface area contributed by atoms with E-state index in [9.17, 15) is 9.90 Å². The van der Waals surface area contributed by atoms with Crippen molar-refractivity contribution < 1.29 is 9.90 Å². The second kappa shape index (κ2) is 9.75. The number of rotatable bonds is 7. The van der Waals surface area contributed by atoms with Crippen molar-refractivity contribution in [2.24, 2.45) is 5.92 Å². The molecular formula is C24H31ClN2O2. The maximum Gasteiger partial charge on any atom is 0.216 e. The van der Waals surface area contributed by atoms with E-state index >= 15 is 0 Å². The fraction of sp³-hybridized carbons (Fsp3) is 0.458. The number of aryl methyl sites for hydroxylation is 1. The lowest BCUT2D eigenvalue weighted by molar-refractivity contribution is -0.119. The molecule has 1 saturated heterocycles. The van der Waals surface area contributed by atoms with Crippen molar-refractivity contribution in [2.75, 3.05) is 19.6 Å². The Labute approximate surface area is 178 Å². The molecule has 1 aliphatic rings. The first-order valence-corrected chi connectivity index (χ1v) is 10.8. The molecule has 0 aromatic heterocycles. The summed E-state index contributed by atoms with van der Waals surface area (Å²) < 4.78 is 0. The van der Waals surface area contributed by atoms with Crippen LogP contribution in [0.3, 0.4) is 0 Å². The number of amides is 1. The second-order valence-electron chi connectivity index (χ2n) is 8.09. The molecule has 2 aromatic rings. The number of hydrogen-bond donors (Lipinski definition) is 3. The van der Waals surface area contributed by atoms with Crippen molar-refractivity contribution >= 4 is 17.5 Å². The van der Waals surface area contributed by atoms with Gasteiger partial charge in [-0.2, -0.15) is 0 Å². The molecule has 3 rings (SSSR count). The van der Waals surface area contributed by atoms with Gasteiger partial charge in [0.2, 0.25) is 5.91 Å². The van der Waals surface area contributed by atoms with Gasteiger partial charge in [0.1, 0.15) is 0 Å². The highest BCUT2D eigenvalue weighted by Gasteiger charge is 2.40. The smallest absolute Gasteiger partial charge is 0.216 e. The van der Waals surface area contributed by atoms with Crippen molar-refractivity contribution in [1.82, 2.24) is 10.6 Å². The first-order chi connectivity index (χ1) is 13.9. The molecular weight excluding hydrogens is 384 g/mol. The molecule has 29 heavy (non-hydrogen) atoms. The van der Waals surface area contributed by atoms with E-state index < -0.39 is 5.60 Å². The Hall–Kier alpha value is -1.88. The van der Waals surface area contributed by atoms with E-state index in [-0.39, 0.29) is 11.8 Å². The molecule has 3 N–H and O–H groups in total. The summed E-state index contributed by atoms with van der Waals surface area (Å²) in [5, 5.41) is 19.0. The van der Waals surface area contributed by atoms with Crippen molar-refractivity contribution in [3.63, 3.8) is 0 Å². The van der Waals surface area contributed by atoms with Crippen LogP contribution in [0.5, 0.6) is 0 Å². The predicted molar refractivity (Wildman–Crippen MR) is 119 cm³/mol. The maximum atomic E-state index is 12.1. The fourth-order valence-electron chi connectivity index (χ4n) is 4.42. The minimum Gasteiger partial charge on any atom is -0.385 e. The average molecular weight is 415 g/mol. The van der Waals surface area contributed by atoms with Crippen molar-refractivity contribution in [3.8, 4) is 11.1 Å². The van der Waals surface area contributed by atoms with E-state index in [1.807, 2.05) is 24.3 Å². The molecule has 1 fully saturated rings. The summed E-state index contributed by atoms with van der Waals surface area (Å²) in [5.41, 5.74) is 2.95. The molecule has 0 saturated carbocycles. The summed E-state index contributed by atoms with van der Waals surface area (Å²) in [4.78, 5) is 11.3. The Morgan fingerprint density at radius 2 is 2.10 bits per heavy atom. The topological polar surface area (TPSA) is 61.4 Å². The number of hydrogen-bond acceptors (Lipinski definition) is 3. The van der Waals surface area contributed by atoms with E-state index in [2.05, 4.69) is 35.8 Å². The summed E-state index contributed by atoms with van der Waals surface area (Å²) in [7, 11) is 0. The van der Waals surface area contributed by atoms with Crippen molar-refractivity contribution in [3.05, 3.63) is 58.6 Å². The van der Waals surface area contributed by atoms with Gasteiger partial charge in [0.25, 0.3) is 0 Å². The van der Waals surface area contributed by atoms with Crippen LogP contribution in [-0.4, -0.2) is 30.6 Å². The Bertz CT molecular complexity index is 849. The highest BCUT2D eigenvalue weighted by atomic mass is 35.5. The van der Waals surface area contributed by atoms with Gasteiger partial charge in [0.05, 0.1) is 5.60 Å². The minimum absolute atomic E-state index is 0.0453. The predicted octanol–water partition coefficient (Wildman–Crippen LogP) is 4.42. The van der Waals surface area contributed by atoms with Crippen LogP contribution in [0.25, 0.3) is 11.1 Å². The van der Waals surface area contributed by atoms with Gasteiger partial charge >= 0.3 is 0 Å². The molecule has 2 aromatic carbocycles. The van der Waals surface area contributed by atoms with Crippen LogP contribution in [0, 0.1) is 12.8 Å². The molecule has 1 heterocycles. The van der Waals surface area contributed by atoms with Crippen LogP contribution in [0.15, 0.2) is 42.5 Å².